The fraction of sp³-hybridized carbons (Fsp3) is 0.462. The first-order chi connectivity index (χ1) is 7.87. The third-order valence-electron chi connectivity index (χ3n) is 2.47. The Kier molecular flexibility index (Phi) is 3.15. The van der Waals surface area contributed by atoms with Gasteiger partial charge in [-0.15, -0.1) is 0 Å². The van der Waals surface area contributed by atoms with Gasteiger partial charge in [-0.1, -0.05) is 23.7 Å². The van der Waals surface area contributed by atoms with Crippen LogP contribution in [0, 0.1) is 0 Å². The highest BCUT2D eigenvalue weighted by molar-refractivity contribution is 6.30. The van der Waals surface area contributed by atoms with Crippen molar-refractivity contribution >= 4 is 17.6 Å². The van der Waals surface area contributed by atoms with Crippen molar-refractivity contribution in [3.63, 3.8) is 0 Å². The van der Waals surface area contributed by atoms with Gasteiger partial charge in [0.25, 0.3) is 0 Å². The second kappa shape index (κ2) is 4.31. The molecule has 0 spiro atoms. The van der Waals surface area contributed by atoms with Crippen molar-refractivity contribution < 1.29 is 9.53 Å². The second-order valence-corrected chi connectivity index (χ2v) is 5.64. The summed E-state index contributed by atoms with van der Waals surface area (Å²) in [6.45, 7) is 5.60. The molecule has 0 aliphatic carbocycles. The maximum absolute atomic E-state index is 11.8. The van der Waals surface area contributed by atoms with E-state index in [0.717, 1.165) is 5.56 Å². The van der Waals surface area contributed by atoms with E-state index in [1.54, 1.807) is 0 Å². The molecular formula is C13H16ClNO2. The number of ether oxygens (including phenoxy) is 1. The van der Waals surface area contributed by atoms with E-state index >= 15 is 0 Å². The van der Waals surface area contributed by atoms with E-state index in [4.69, 9.17) is 16.3 Å². The average Bonchev–Trinajstić information content (AvgIpc) is 2.96. The van der Waals surface area contributed by atoms with Crippen molar-refractivity contribution in [1.82, 2.24) is 5.32 Å². The molecule has 2 rings (SSSR count). The SMILES string of the molecule is CC(C)(C)OC(=O)[C@@H]1N[C@H]1c1ccc(Cl)cc1. The van der Waals surface area contributed by atoms with Crippen LogP contribution < -0.4 is 5.32 Å². The largest absolute Gasteiger partial charge is 0.459 e. The summed E-state index contributed by atoms with van der Waals surface area (Å²) in [6, 6.07) is 7.32. The van der Waals surface area contributed by atoms with E-state index in [-0.39, 0.29) is 18.1 Å². The molecule has 0 unspecified atom stereocenters. The monoisotopic (exact) mass is 253 g/mol. The zero-order chi connectivity index (χ0) is 12.6. The predicted octanol–water partition coefficient (Wildman–Crippen LogP) is 2.69. The van der Waals surface area contributed by atoms with Gasteiger partial charge in [-0.05, 0) is 38.5 Å². The van der Waals surface area contributed by atoms with Crippen LogP contribution in [-0.2, 0) is 9.53 Å². The van der Waals surface area contributed by atoms with Crippen LogP contribution >= 0.6 is 11.6 Å². The van der Waals surface area contributed by atoms with Crippen LogP contribution in [0.5, 0.6) is 0 Å². The Hall–Kier alpha value is -1.06. The lowest BCUT2D eigenvalue weighted by molar-refractivity contribution is -0.154. The minimum atomic E-state index is -0.439. The number of benzene rings is 1. The first kappa shape index (κ1) is 12.4. The van der Waals surface area contributed by atoms with E-state index in [0.29, 0.717) is 5.02 Å². The van der Waals surface area contributed by atoms with Gasteiger partial charge in [-0.25, -0.2) is 0 Å². The Labute approximate surface area is 106 Å². The fourth-order valence-corrected chi connectivity index (χ4v) is 1.79. The standard InChI is InChI=1S/C13H16ClNO2/c1-13(2,3)17-12(16)11-10(15-11)8-4-6-9(14)7-5-8/h4-7,10-11,15H,1-3H3/t10-,11+/m0/s1. The Morgan fingerprint density at radius 3 is 2.41 bits per heavy atom. The summed E-state index contributed by atoms with van der Waals surface area (Å²) in [6.07, 6.45) is 0. The molecule has 1 aromatic rings. The zero-order valence-corrected chi connectivity index (χ0v) is 10.9. The minimum Gasteiger partial charge on any atom is -0.459 e. The van der Waals surface area contributed by atoms with Crippen molar-refractivity contribution in [3.05, 3.63) is 34.9 Å². The van der Waals surface area contributed by atoms with Crippen LogP contribution in [-0.4, -0.2) is 17.6 Å². The van der Waals surface area contributed by atoms with Crippen LogP contribution in [0.25, 0.3) is 0 Å². The van der Waals surface area contributed by atoms with Crippen LogP contribution in [0.2, 0.25) is 5.02 Å². The highest BCUT2D eigenvalue weighted by Gasteiger charge is 2.45. The molecule has 0 saturated carbocycles. The van der Waals surface area contributed by atoms with Crippen LogP contribution in [0.1, 0.15) is 32.4 Å². The first-order valence-corrected chi connectivity index (χ1v) is 5.99. The van der Waals surface area contributed by atoms with Crippen molar-refractivity contribution in [2.24, 2.45) is 0 Å². The maximum atomic E-state index is 11.8. The normalized spacial score (nSPS) is 23.3. The van der Waals surface area contributed by atoms with Crippen molar-refractivity contribution in [2.75, 3.05) is 0 Å². The summed E-state index contributed by atoms with van der Waals surface area (Å²) in [7, 11) is 0. The number of hydrogen-bond acceptors (Lipinski definition) is 3. The van der Waals surface area contributed by atoms with Gasteiger partial charge in [0.2, 0.25) is 0 Å². The van der Waals surface area contributed by atoms with Gasteiger partial charge < -0.3 is 4.74 Å². The Bertz CT molecular complexity index is 422. The molecule has 1 aliphatic heterocycles. The van der Waals surface area contributed by atoms with Gasteiger partial charge >= 0.3 is 5.97 Å². The summed E-state index contributed by atoms with van der Waals surface area (Å²) >= 11 is 5.81. The number of hydrogen-bond donors (Lipinski definition) is 1. The van der Waals surface area contributed by atoms with E-state index in [1.165, 1.54) is 0 Å². The molecule has 1 aliphatic rings. The molecule has 1 heterocycles. The van der Waals surface area contributed by atoms with Crippen LogP contribution in [0.3, 0.4) is 0 Å². The van der Waals surface area contributed by atoms with Gasteiger partial charge in [0.05, 0.1) is 6.04 Å². The number of rotatable bonds is 2. The van der Waals surface area contributed by atoms with E-state index < -0.39 is 5.60 Å². The lowest BCUT2D eigenvalue weighted by atomic mass is 10.1. The Morgan fingerprint density at radius 2 is 1.88 bits per heavy atom. The summed E-state index contributed by atoms with van der Waals surface area (Å²) in [5.74, 6) is -0.197. The Balaban J connectivity index is 1.96. The van der Waals surface area contributed by atoms with Gasteiger partial charge in [0.1, 0.15) is 11.6 Å². The predicted molar refractivity (Wildman–Crippen MR) is 67.0 cm³/mol. The second-order valence-electron chi connectivity index (χ2n) is 5.21. The number of carbonyl (C=O) groups is 1. The highest BCUT2D eigenvalue weighted by atomic mass is 35.5. The molecule has 0 aromatic heterocycles. The number of esters is 1. The molecule has 92 valence electrons. The van der Waals surface area contributed by atoms with Crippen molar-refractivity contribution in [2.45, 2.75) is 38.5 Å². The summed E-state index contributed by atoms with van der Waals surface area (Å²) < 4.78 is 5.31. The molecule has 0 bridgehead atoms. The molecule has 0 amide bonds. The van der Waals surface area contributed by atoms with Crippen LogP contribution in [0.4, 0.5) is 0 Å². The van der Waals surface area contributed by atoms with Gasteiger partial charge in [-0.2, -0.15) is 0 Å². The number of carbonyl (C=O) groups excluding carboxylic acids is 1. The maximum Gasteiger partial charge on any atom is 0.325 e. The summed E-state index contributed by atoms with van der Waals surface area (Å²) in [5, 5.41) is 3.81. The van der Waals surface area contributed by atoms with Gasteiger partial charge in [0.15, 0.2) is 0 Å². The fourth-order valence-electron chi connectivity index (χ4n) is 1.67. The van der Waals surface area contributed by atoms with Gasteiger partial charge in [-0.3, -0.25) is 10.1 Å². The topological polar surface area (TPSA) is 48.2 Å². The average molecular weight is 254 g/mol. The van der Waals surface area contributed by atoms with E-state index in [1.807, 2.05) is 45.0 Å². The smallest absolute Gasteiger partial charge is 0.325 e. The molecule has 0 radical (unpaired) electrons. The lowest BCUT2D eigenvalue weighted by Gasteiger charge is -2.19. The summed E-state index contributed by atoms with van der Waals surface area (Å²) in [5.41, 5.74) is 0.622. The third kappa shape index (κ3) is 3.20. The lowest BCUT2D eigenvalue weighted by Crippen LogP contribution is -2.27. The molecule has 3 nitrogen and oxygen atoms in total. The summed E-state index contributed by atoms with van der Waals surface area (Å²) in [4.78, 5) is 11.8. The first-order valence-electron chi connectivity index (χ1n) is 5.61. The quantitative estimate of drug-likeness (QED) is 0.651. The molecule has 1 aromatic carbocycles. The number of halogens is 1. The van der Waals surface area contributed by atoms with E-state index in [2.05, 4.69) is 5.32 Å². The number of nitrogens with one attached hydrogen (secondary N) is 1. The molecule has 1 saturated heterocycles. The van der Waals surface area contributed by atoms with Crippen molar-refractivity contribution in [3.8, 4) is 0 Å². The molecule has 17 heavy (non-hydrogen) atoms. The molecule has 4 heteroatoms. The van der Waals surface area contributed by atoms with Crippen LogP contribution in [0.15, 0.2) is 24.3 Å². The van der Waals surface area contributed by atoms with E-state index in [9.17, 15) is 4.79 Å². The Morgan fingerprint density at radius 1 is 1.29 bits per heavy atom. The van der Waals surface area contributed by atoms with Crippen molar-refractivity contribution in [1.29, 1.82) is 0 Å². The zero-order valence-electron chi connectivity index (χ0n) is 10.2. The molecule has 1 fully saturated rings. The minimum absolute atomic E-state index is 0.0575. The highest BCUT2D eigenvalue weighted by Crippen LogP contribution is 2.32. The molecule has 2 atom stereocenters. The third-order valence-corrected chi connectivity index (χ3v) is 2.73. The van der Waals surface area contributed by atoms with Gasteiger partial charge in [0, 0.05) is 5.02 Å². The molecular weight excluding hydrogens is 238 g/mol. The molecule has 1 N–H and O–H groups in total.